The molecule has 0 spiro atoms. The summed E-state index contributed by atoms with van der Waals surface area (Å²) in [5.41, 5.74) is 0.807. The fourth-order valence-corrected chi connectivity index (χ4v) is 3.61. The molecule has 1 saturated heterocycles. The lowest BCUT2D eigenvalue weighted by Gasteiger charge is -2.23. The molecular formula is C17H21N3O3S. The Labute approximate surface area is 145 Å². The van der Waals surface area contributed by atoms with Crippen molar-refractivity contribution in [2.75, 3.05) is 32.7 Å². The van der Waals surface area contributed by atoms with Crippen LogP contribution in [0.25, 0.3) is 0 Å². The fourth-order valence-electron chi connectivity index (χ4n) is 2.93. The van der Waals surface area contributed by atoms with Gasteiger partial charge in [0.15, 0.2) is 0 Å². The Balaban J connectivity index is 1.76. The first-order chi connectivity index (χ1) is 11.6. The van der Waals surface area contributed by atoms with Crippen LogP contribution in [0.4, 0.5) is 5.69 Å². The van der Waals surface area contributed by atoms with E-state index in [-0.39, 0.29) is 11.9 Å². The summed E-state index contributed by atoms with van der Waals surface area (Å²) in [7, 11) is 5.18. The maximum atomic E-state index is 12.9. The zero-order chi connectivity index (χ0) is 17.1. The predicted octanol–water partition coefficient (Wildman–Crippen LogP) is 2.40. The number of carbonyl (C=O) groups is 1. The van der Waals surface area contributed by atoms with Crippen LogP contribution in [0, 0.1) is 0 Å². The fraction of sp³-hybridized carbons (Fsp3) is 0.412. The minimum absolute atomic E-state index is 0.101. The number of nitrogens with zero attached hydrogens (tertiary/aromatic N) is 3. The normalized spacial score (nSPS) is 17.6. The number of ether oxygens (including phenoxy) is 2. The van der Waals surface area contributed by atoms with Crippen LogP contribution in [0.5, 0.6) is 11.5 Å². The van der Waals surface area contributed by atoms with E-state index < -0.39 is 0 Å². The van der Waals surface area contributed by atoms with Crippen molar-refractivity contribution in [2.24, 2.45) is 0 Å². The Morgan fingerprint density at radius 3 is 2.58 bits per heavy atom. The van der Waals surface area contributed by atoms with Gasteiger partial charge in [0.1, 0.15) is 16.5 Å². The van der Waals surface area contributed by atoms with E-state index in [1.165, 1.54) is 0 Å². The Kier molecular flexibility index (Phi) is 5.01. The van der Waals surface area contributed by atoms with Gasteiger partial charge in [-0.15, -0.1) is 11.3 Å². The number of thiazole rings is 1. The van der Waals surface area contributed by atoms with Gasteiger partial charge in [-0.05, 0) is 13.5 Å². The van der Waals surface area contributed by atoms with Crippen LogP contribution in [0.15, 0.2) is 29.8 Å². The molecule has 0 radical (unpaired) electrons. The van der Waals surface area contributed by atoms with Crippen molar-refractivity contribution in [1.29, 1.82) is 0 Å². The third-order valence-corrected chi connectivity index (χ3v) is 4.99. The third kappa shape index (κ3) is 3.37. The number of aromatic nitrogens is 1. The van der Waals surface area contributed by atoms with Crippen LogP contribution in [0.1, 0.15) is 11.4 Å². The molecule has 3 rings (SSSR count). The molecule has 1 aliphatic rings. The summed E-state index contributed by atoms with van der Waals surface area (Å²) in [5, 5.41) is 2.97. The van der Waals surface area contributed by atoms with E-state index in [4.69, 9.17) is 9.47 Å². The van der Waals surface area contributed by atoms with E-state index in [1.54, 1.807) is 42.7 Å². The summed E-state index contributed by atoms with van der Waals surface area (Å²) in [6, 6.07) is 5.40. The molecule has 6 nitrogen and oxygen atoms in total. The molecule has 0 aliphatic carbocycles. The van der Waals surface area contributed by atoms with Crippen molar-refractivity contribution in [3.8, 4) is 11.5 Å². The molecule has 1 atom stereocenters. The quantitative estimate of drug-likeness (QED) is 0.803. The van der Waals surface area contributed by atoms with Crippen molar-refractivity contribution in [1.82, 2.24) is 9.88 Å². The van der Waals surface area contributed by atoms with E-state index in [1.807, 2.05) is 24.6 Å². The van der Waals surface area contributed by atoms with Crippen LogP contribution < -0.4 is 14.4 Å². The SMILES string of the molecule is COc1cc(OC)cc(N2CC[C@@H](N(C)Cc3nccs3)C2=O)c1. The summed E-state index contributed by atoms with van der Waals surface area (Å²) in [6.45, 7) is 1.37. The zero-order valence-electron chi connectivity index (χ0n) is 14.1. The monoisotopic (exact) mass is 347 g/mol. The topological polar surface area (TPSA) is 54.9 Å². The highest BCUT2D eigenvalue weighted by Crippen LogP contribution is 2.32. The molecule has 1 aliphatic heterocycles. The molecule has 7 heteroatoms. The summed E-state index contributed by atoms with van der Waals surface area (Å²) in [6.07, 6.45) is 2.58. The number of benzene rings is 1. The molecule has 24 heavy (non-hydrogen) atoms. The molecule has 128 valence electrons. The van der Waals surface area contributed by atoms with Gasteiger partial charge in [-0.1, -0.05) is 0 Å². The number of rotatable bonds is 6. The standard InChI is InChI=1S/C17H21N3O3S/c1-19(11-16-18-5-7-24-16)15-4-6-20(17(15)21)12-8-13(22-2)10-14(9-12)23-3/h5,7-10,15H,4,6,11H2,1-3H3/t15-/m1/s1. The van der Waals surface area contributed by atoms with E-state index in [2.05, 4.69) is 9.88 Å². The maximum absolute atomic E-state index is 12.9. The third-order valence-electron chi connectivity index (χ3n) is 4.23. The van der Waals surface area contributed by atoms with E-state index in [9.17, 15) is 4.79 Å². The number of hydrogen-bond acceptors (Lipinski definition) is 6. The van der Waals surface area contributed by atoms with Crippen molar-refractivity contribution < 1.29 is 14.3 Å². The van der Waals surface area contributed by atoms with Crippen LogP contribution in [-0.4, -0.2) is 49.6 Å². The van der Waals surface area contributed by atoms with Crippen LogP contribution in [0.3, 0.4) is 0 Å². The average molecular weight is 347 g/mol. The van der Waals surface area contributed by atoms with Gasteiger partial charge < -0.3 is 14.4 Å². The lowest BCUT2D eigenvalue weighted by atomic mass is 10.2. The molecule has 0 bridgehead atoms. The minimum atomic E-state index is -0.133. The van der Waals surface area contributed by atoms with Gasteiger partial charge in [-0.3, -0.25) is 9.69 Å². The number of anilines is 1. The van der Waals surface area contributed by atoms with Crippen LogP contribution in [-0.2, 0) is 11.3 Å². The Hall–Kier alpha value is -2.12. The van der Waals surface area contributed by atoms with Gasteiger partial charge in [0.05, 0.1) is 32.5 Å². The van der Waals surface area contributed by atoms with Crippen LogP contribution in [0.2, 0.25) is 0 Å². The largest absolute Gasteiger partial charge is 0.497 e. The number of amides is 1. The predicted molar refractivity (Wildman–Crippen MR) is 93.9 cm³/mol. The second-order valence-corrected chi connectivity index (χ2v) is 6.69. The minimum Gasteiger partial charge on any atom is -0.497 e. The van der Waals surface area contributed by atoms with Gasteiger partial charge in [0, 0.05) is 36.3 Å². The molecule has 1 aromatic carbocycles. The smallest absolute Gasteiger partial charge is 0.244 e. The van der Waals surface area contributed by atoms with E-state index in [0.29, 0.717) is 24.6 Å². The number of methoxy groups -OCH3 is 2. The molecule has 2 heterocycles. The lowest BCUT2D eigenvalue weighted by molar-refractivity contribution is -0.121. The number of carbonyl (C=O) groups excluding carboxylic acids is 1. The molecule has 0 unspecified atom stereocenters. The van der Waals surface area contributed by atoms with Gasteiger partial charge >= 0.3 is 0 Å². The van der Waals surface area contributed by atoms with Gasteiger partial charge in [0.25, 0.3) is 0 Å². The van der Waals surface area contributed by atoms with E-state index in [0.717, 1.165) is 17.1 Å². The van der Waals surface area contributed by atoms with Crippen molar-refractivity contribution in [3.63, 3.8) is 0 Å². The molecule has 0 saturated carbocycles. The summed E-state index contributed by atoms with van der Waals surface area (Å²) < 4.78 is 10.6. The molecule has 1 aromatic heterocycles. The van der Waals surface area contributed by atoms with Crippen LogP contribution >= 0.6 is 11.3 Å². The zero-order valence-corrected chi connectivity index (χ0v) is 14.9. The van der Waals surface area contributed by atoms with Crippen molar-refractivity contribution in [2.45, 2.75) is 19.0 Å². The molecule has 2 aromatic rings. The number of likely N-dealkylation sites (N-methyl/N-ethyl adjacent to an activating group) is 1. The average Bonchev–Trinajstić information content (AvgIpc) is 3.23. The first kappa shape index (κ1) is 16.7. The highest BCUT2D eigenvalue weighted by atomic mass is 32.1. The van der Waals surface area contributed by atoms with Crippen molar-refractivity contribution in [3.05, 3.63) is 34.8 Å². The summed E-state index contributed by atoms with van der Waals surface area (Å²) >= 11 is 1.61. The van der Waals surface area contributed by atoms with Gasteiger partial charge in [-0.25, -0.2) is 4.98 Å². The number of hydrogen-bond donors (Lipinski definition) is 0. The van der Waals surface area contributed by atoms with Gasteiger partial charge in [-0.2, -0.15) is 0 Å². The summed E-state index contributed by atoms with van der Waals surface area (Å²) in [5.74, 6) is 1.46. The lowest BCUT2D eigenvalue weighted by Crippen LogP contribution is -2.39. The molecule has 1 amide bonds. The second-order valence-electron chi connectivity index (χ2n) is 5.71. The second kappa shape index (κ2) is 7.19. The highest BCUT2D eigenvalue weighted by molar-refractivity contribution is 7.09. The summed E-state index contributed by atoms with van der Waals surface area (Å²) in [4.78, 5) is 21.0. The Morgan fingerprint density at radius 2 is 2.00 bits per heavy atom. The van der Waals surface area contributed by atoms with E-state index >= 15 is 0 Å². The molecule has 0 N–H and O–H groups in total. The first-order valence-corrected chi connectivity index (χ1v) is 8.63. The maximum Gasteiger partial charge on any atom is 0.244 e. The Bertz CT molecular complexity index is 683. The molecular weight excluding hydrogens is 326 g/mol. The van der Waals surface area contributed by atoms with Crippen molar-refractivity contribution >= 4 is 22.9 Å². The molecule has 1 fully saturated rings. The highest BCUT2D eigenvalue weighted by Gasteiger charge is 2.35. The van der Waals surface area contributed by atoms with Gasteiger partial charge in [0.2, 0.25) is 5.91 Å². The first-order valence-electron chi connectivity index (χ1n) is 7.75. The Morgan fingerprint density at radius 1 is 1.29 bits per heavy atom.